The summed E-state index contributed by atoms with van der Waals surface area (Å²) < 4.78 is 11.4. The third-order valence-corrected chi connectivity index (χ3v) is 3.76. The van der Waals surface area contributed by atoms with Crippen molar-refractivity contribution in [1.82, 2.24) is 0 Å². The van der Waals surface area contributed by atoms with Crippen LogP contribution in [0.3, 0.4) is 0 Å². The van der Waals surface area contributed by atoms with Crippen LogP contribution in [-0.4, -0.2) is 19.3 Å². The van der Waals surface area contributed by atoms with Gasteiger partial charge in [0, 0.05) is 0 Å². The predicted molar refractivity (Wildman–Crippen MR) is 79.9 cm³/mol. The molecule has 2 aromatic carbocycles. The van der Waals surface area contributed by atoms with Gasteiger partial charge < -0.3 is 9.47 Å². The Labute approximate surface area is 120 Å². The molecule has 1 aliphatic heterocycles. The summed E-state index contributed by atoms with van der Waals surface area (Å²) in [6.45, 7) is 5.78. The molecule has 0 saturated carbocycles. The van der Waals surface area contributed by atoms with Crippen LogP contribution in [0.1, 0.15) is 28.4 Å². The van der Waals surface area contributed by atoms with Gasteiger partial charge in [-0.2, -0.15) is 0 Å². The highest BCUT2D eigenvalue weighted by molar-refractivity contribution is 5.40. The van der Waals surface area contributed by atoms with Gasteiger partial charge in [-0.15, -0.1) is 0 Å². The van der Waals surface area contributed by atoms with Gasteiger partial charge in [-0.05, 0) is 36.1 Å². The summed E-state index contributed by atoms with van der Waals surface area (Å²) in [5.41, 5.74) is 5.02. The van der Waals surface area contributed by atoms with Gasteiger partial charge in [0.15, 0.2) is 0 Å². The Morgan fingerprint density at radius 1 is 1.05 bits per heavy atom. The zero-order valence-electron chi connectivity index (χ0n) is 12.0. The lowest BCUT2D eigenvalue weighted by atomic mass is 9.93. The van der Waals surface area contributed by atoms with Crippen molar-refractivity contribution < 1.29 is 9.47 Å². The second kappa shape index (κ2) is 5.78. The van der Waals surface area contributed by atoms with Crippen LogP contribution >= 0.6 is 0 Å². The number of benzene rings is 2. The molecule has 104 valence electrons. The minimum Gasteiger partial charge on any atom is -0.371 e. The van der Waals surface area contributed by atoms with Crippen LogP contribution in [0.15, 0.2) is 48.5 Å². The summed E-state index contributed by atoms with van der Waals surface area (Å²) in [6, 6.07) is 16.8. The van der Waals surface area contributed by atoms with Crippen LogP contribution < -0.4 is 0 Å². The van der Waals surface area contributed by atoms with Crippen molar-refractivity contribution in [1.29, 1.82) is 0 Å². The second-order valence-corrected chi connectivity index (χ2v) is 5.38. The fraction of sp³-hybridized carbons (Fsp3) is 0.333. The van der Waals surface area contributed by atoms with Gasteiger partial charge in [0.1, 0.15) is 12.2 Å². The summed E-state index contributed by atoms with van der Waals surface area (Å²) in [4.78, 5) is 0. The van der Waals surface area contributed by atoms with Gasteiger partial charge >= 0.3 is 0 Å². The highest BCUT2D eigenvalue weighted by Gasteiger charge is 2.26. The van der Waals surface area contributed by atoms with Crippen LogP contribution in [0, 0.1) is 13.8 Å². The van der Waals surface area contributed by atoms with Gasteiger partial charge in [-0.3, -0.25) is 0 Å². The van der Waals surface area contributed by atoms with Gasteiger partial charge in [0.25, 0.3) is 0 Å². The highest BCUT2D eigenvalue weighted by atomic mass is 16.6. The third-order valence-electron chi connectivity index (χ3n) is 3.76. The quantitative estimate of drug-likeness (QED) is 0.769. The average Bonchev–Trinajstić information content (AvgIpc) is 3.27. The zero-order valence-corrected chi connectivity index (χ0v) is 12.0. The number of rotatable bonds is 5. The van der Waals surface area contributed by atoms with E-state index >= 15 is 0 Å². The predicted octanol–water partition coefficient (Wildman–Crippen LogP) is 3.81. The summed E-state index contributed by atoms with van der Waals surface area (Å²) in [7, 11) is 0. The molecule has 0 bridgehead atoms. The smallest absolute Gasteiger partial charge is 0.108 e. The molecule has 0 amide bonds. The fourth-order valence-electron chi connectivity index (χ4n) is 2.58. The zero-order chi connectivity index (χ0) is 13.9. The summed E-state index contributed by atoms with van der Waals surface area (Å²) in [5.74, 6) is 0. The highest BCUT2D eigenvalue weighted by Crippen LogP contribution is 2.31. The molecule has 1 aliphatic rings. The maximum Gasteiger partial charge on any atom is 0.108 e. The molecule has 2 heteroatoms. The fourth-order valence-corrected chi connectivity index (χ4v) is 2.58. The number of hydrogen-bond acceptors (Lipinski definition) is 2. The molecule has 0 spiro atoms. The van der Waals surface area contributed by atoms with Crippen molar-refractivity contribution in [2.45, 2.75) is 26.1 Å². The largest absolute Gasteiger partial charge is 0.371 e. The Balaban J connectivity index is 1.95. The van der Waals surface area contributed by atoms with Crippen LogP contribution in [0.2, 0.25) is 0 Å². The second-order valence-electron chi connectivity index (χ2n) is 5.38. The monoisotopic (exact) mass is 268 g/mol. The Morgan fingerprint density at radius 3 is 2.30 bits per heavy atom. The van der Waals surface area contributed by atoms with Gasteiger partial charge in [-0.25, -0.2) is 0 Å². The van der Waals surface area contributed by atoms with E-state index in [1.165, 1.54) is 22.3 Å². The van der Waals surface area contributed by atoms with E-state index in [9.17, 15) is 0 Å². The van der Waals surface area contributed by atoms with Crippen LogP contribution in [0.4, 0.5) is 0 Å². The molecule has 1 fully saturated rings. The Bertz CT molecular complexity index is 553. The van der Waals surface area contributed by atoms with Gasteiger partial charge in [-0.1, -0.05) is 48.5 Å². The number of epoxide rings is 1. The first-order chi connectivity index (χ1) is 9.75. The lowest BCUT2D eigenvalue weighted by Gasteiger charge is -2.22. The molecule has 3 rings (SSSR count). The van der Waals surface area contributed by atoms with E-state index in [-0.39, 0.29) is 12.2 Å². The van der Waals surface area contributed by atoms with E-state index in [0.29, 0.717) is 6.61 Å². The molecule has 2 atom stereocenters. The first kappa shape index (κ1) is 13.3. The number of hydrogen-bond donors (Lipinski definition) is 0. The lowest BCUT2D eigenvalue weighted by molar-refractivity contribution is 0.0665. The van der Waals surface area contributed by atoms with Crippen molar-refractivity contribution in [2.24, 2.45) is 0 Å². The first-order valence-electron chi connectivity index (χ1n) is 7.10. The van der Waals surface area contributed by atoms with Gasteiger partial charge in [0.05, 0.1) is 13.2 Å². The molecule has 0 aliphatic carbocycles. The van der Waals surface area contributed by atoms with Crippen LogP contribution in [0.5, 0.6) is 0 Å². The lowest BCUT2D eigenvalue weighted by Crippen LogP contribution is -2.13. The molecule has 0 radical (unpaired) electrons. The molecule has 20 heavy (non-hydrogen) atoms. The molecule has 0 unspecified atom stereocenters. The van der Waals surface area contributed by atoms with E-state index in [1.807, 2.05) is 6.07 Å². The van der Waals surface area contributed by atoms with Gasteiger partial charge in [0.2, 0.25) is 0 Å². The SMILES string of the molecule is Cc1cccc(C)c1[C@H](OC[C@@H]1CO1)c1ccccc1. The number of ether oxygens (including phenoxy) is 2. The molecule has 1 heterocycles. The molecular weight excluding hydrogens is 248 g/mol. The van der Waals surface area contributed by atoms with Crippen LogP contribution in [0.25, 0.3) is 0 Å². The standard InChI is InChI=1S/C18H20O2/c1-13-7-6-8-14(2)17(13)18(20-12-16-11-19-16)15-9-4-3-5-10-15/h3-10,16,18H,11-12H2,1-2H3/t16-,18+/m0/s1. The Hall–Kier alpha value is -1.64. The Morgan fingerprint density at radius 2 is 1.70 bits per heavy atom. The normalized spacial score (nSPS) is 18.8. The minimum atomic E-state index is -0.0124. The van der Waals surface area contributed by atoms with Crippen molar-refractivity contribution >= 4 is 0 Å². The summed E-state index contributed by atoms with van der Waals surface area (Å²) in [5, 5.41) is 0. The molecule has 1 saturated heterocycles. The van der Waals surface area contributed by atoms with E-state index in [4.69, 9.17) is 9.47 Å². The van der Waals surface area contributed by atoms with Crippen molar-refractivity contribution in [2.75, 3.05) is 13.2 Å². The average molecular weight is 268 g/mol. The topological polar surface area (TPSA) is 21.8 Å². The molecule has 0 N–H and O–H groups in total. The van der Waals surface area contributed by atoms with E-state index in [2.05, 4.69) is 56.3 Å². The number of aryl methyl sites for hydroxylation is 2. The maximum absolute atomic E-state index is 6.17. The van der Waals surface area contributed by atoms with E-state index in [1.54, 1.807) is 0 Å². The summed E-state index contributed by atoms with van der Waals surface area (Å²) in [6.07, 6.45) is 0.270. The molecule has 0 aromatic heterocycles. The maximum atomic E-state index is 6.17. The van der Waals surface area contributed by atoms with E-state index in [0.717, 1.165) is 6.61 Å². The van der Waals surface area contributed by atoms with Crippen molar-refractivity contribution in [3.63, 3.8) is 0 Å². The minimum absolute atomic E-state index is 0.0124. The van der Waals surface area contributed by atoms with Crippen molar-refractivity contribution in [3.05, 3.63) is 70.8 Å². The summed E-state index contributed by atoms with van der Waals surface area (Å²) >= 11 is 0. The van der Waals surface area contributed by atoms with E-state index < -0.39 is 0 Å². The molecule has 2 aromatic rings. The molecule has 2 nitrogen and oxygen atoms in total. The Kier molecular flexibility index (Phi) is 3.86. The third kappa shape index (κ3) is 2.92. The van der Waals surface area contributed by atoms with Crippen LogP contribution in [-0.2, 0) is 9.47 Å². The first-order valence-corrected chi connectivity index (χ1v) is 7.10. The van der Waals surface area contributed by atoms with Crippen molar-refractivity contribution in [3.8, 4) is 0 Å². The molecular formula is C18H20O2.